The second-order valence-corrected chi connectivity index (χ2v) is 11.3. The van der Waals surface area contributed by atoms with Gasteiger partial charge in [0.2, 0.25) is 0 Å². The standard InChI is InChI=1S/C36H38N4O5/c1-21(2)30-19-31(22(3)17-33(30)43-7)34-38-32-12-10-9-11-29(32)35(41)40(34)37-20-26-18-23(4)39(24(26)5)27-13-15-28(16-14-27)45-25(6)36(42)44-8/h9-21,25H,1-8H3/t25-/m1/s1. The summed E-state index contributed by atoms with van der Waals surface area (Å²) in [4.78, 5) is 30.6. The van der Waals surface area contributed by atoms with Crippen molar-refractivity contribution in [1.29, 1.82) is 0 Å². The highest BCUT2D eigenvalue weighted by Gasteiger charge is 2.19. The van der Waals surface area contributed by atoms with Gasteiger partial charge in [-0.25, -0.2) is 9.78 Å². The lowest BCUT2D eigenvalue weighted by molar-refractivity contribution is -0.147. The van der Waals surface area contributed by atoms with Crippen LogP contribution in [0.2, 0.25) is 0 Å². The van der Waals surface area contributed by atoms with Crippen LogP contribution in [0.1, 0.15) is 54.8 Å². The average molecular weight is 607 g/mol. The van der Waals surface area contributed by atoms with E-state index in [1.54, 1.807) is 26.3 Å². The topological polar surface area (TPSA) is 96.9 Å². The Morgan fingerprint density at radius 1 is 0.956 bits per heavy atom. The molecule has 1 atom stereocenters. The SMILES string of the molecule is COC(=O)[C@@H](C)Oc1ccc(-n2c(C)cc(C=Nn3c(-c4cc(C(C)C)c(OC)cc4C)nc4ccccc4c3=O)c2C)cc1. The van der Waals surface area contributed by atoms with Crippen molar-refractivity contribution < 1.29 is 19.0 Å². The molecule has 0 unspecified atom stereocenters. The second-order valence-electron chi connectivity index (χ2n) is 11.3. The molecule has 3 aromatic carbocycles. The van der Waals surface area contributed by atoms with Crippen molar-refractivity contribution in [2.75, 3.05) is 14.2 Å². The van der Waals surface area contributed by atoms with E-state index in [4.69, 9.17) is 24.3 Å². The number of hydrogen-bond acceptors (Lipinski definition) is 7. The number of carbonyl (C=O) groups is 1. The minimum atomic E-state index is -0.713. The monoisotopic (exact) mass is 606 g/mol. The molecule has 5 aromatic rings. The molecular formula is C36H38N4O5. The van der Waals surface area contributed by atoms with Gasteiger partial charge in [0.25, 0.3) is 5.56 Å². The lowest BCUT2D eigenvalue weighted by Gasteiger charge is -2.17. The van der Waals surface area contributed by atoms with Crippen LogP contribution in [0.3, 0.4) is 0 Å². The van der Waals surface area contributed by atoms with E-state index in [1.807, 2.05) is 81.4 Å². The summed E-state index contributed by atoms with van der Waals surface area (Å²) < 4.78 is 19.6. The maximum absolute atomic E-state index is 13.9. The number of aromatic nitrogens is 3. The van der Waals surface area contributed by atoms with Crippen LogP contribution >= 0.6 is 0 Å². The maximum atomic E-state index is 13.9. The van der Waals surface area contributed by atoms with Crippen LogP contribution in [-0.2, 0) is 9.53 Å². The van der Waals surface area contributed by atoms with Crippen molar-refractivity contribution in [3.8, 4) is 28.6 Å². The number of rotatable bonds is 9. The normalized spacial score (nSPS) is 12.2. The van der Waals surface area contributed by atoms with Crippen molar-refractivity contribution in [2.24, 2.45) is 5.10 Å². The summed E-state index contributed by atoms with van der Waals surface area (Å²) in [5.41, 5.74) is 6.82. The molecule has 0 saturated heterocycles. The number of aryl methyl sites for hydroxylation is 2. The fraction of sp³-hybridized carbons (Fsp3) is 0.278. The third kappa shape index (κ3) is 6.11. The molecular weight excluding hydrogens is 568 g/mol. The van der Waals surface area contributed by atoms with Crippen LogP contribution < -0.4 is 15.0 Å². The molecule has 45 heavy (non-hydrogen) atoms. The van der Waals surface area contributed by atoms with Crippen LogP contribution in [0.15, 0.2) is 76.6 Å². The first-order valence-electron chi connectivity index (χ1n) is 14.8. The minimum Gasteiger partial charge on any atom is -0.496 e. The molecule has 2 aromatic heterocycles. The molecule has 0 aliphatic heterocycles. The molecule has 0 amide bonds. The van der Waals surface area contributed by atoms with E-state index in [-0.39, 0.29) is 11.5 Å². The van der Waals surface area contributed by atoms with E-state index in [1.165, 1.54) is 11.8 Å². The molecule has 0 radical (unpaired) electrons. The summed E-state index contributed by atoms with van der Waals surface area (Å²) in [6.45, 7) is 11.9. The molecule has 0 N–H and O–H groups in total. The number of para-hydroxylation sites is 1. The van der Waals surface area contributed by atoms with E-state index in [0.717, 1.165) is 45.1 Å². The van der Waals surface area contributed by atoms with Crippen molar-refractivity contribution in [3.05, 3.63) is 105 Å². The van der Waals surface area contributed by atoms with Crippen molar-refractivity contribution in [3.63, 3.8) is 0 Å². The number of hydrogen-bond donors (Lipinski definition) is 0. The Morgan fingerprint density at radius 3 is 2.33 bits per heavy atom. The lowest BCUT2D eigenvalue weighted by Crippen LogP contribution is -2.24. The number of fused-ring (bicyclic) bond motifs is 1. The van der Waals surface area contributed by atoms with E-state index < -0.39 is 12.1 Å². The molecule has 0 aliphatic carbocycles. The molecule has 9 nitrogen and oxygen atoms in total. The Labute approximate surface area is 262 Å². The van der Waals surface area contributed by atoms with Crippen molar-refractivity contribution in [2.45, 2.75) is 53.6 Å². The molecule has 0 aliphatic rings. The summed E-state index contributed by atoms with van der Waals surface area (Å²) in [5, 5.41) is 5.24. The molecule has 2 heterocycles. The van der Waals surface area contributed by atoms with Gasteiger partial charge >= 0.3 is 5.97 Å². The predicted molar refractivity (Wildman–Crippen MR) is 177 cm³/mol. The second kappa shape index (κ2) is 12.8. The van der Waals surface area contributed by atoms with Gasteiger partial charge in [-0.3, -0.25) is 4.79 Å². The van der Waals surface area contributed by atoms with Gasteiger partial charge in [-0.15, -0.1) is 0 Å². The van der Waals surface area contributed by atoms with Crippen LogP contribution in [0, 0.1) is 20.8 Å². The molecule has 0 bridgehead atoms. The Hall–Kier alpha value is -5.18. The van der Waals surface area contributed by atoms with Gasteiger partial charge in [0.05, 0.1) is 31.3 Å². The molecule has 5 rings (SSSR count). The van der Waals surface area contributed by atoms with Gasteiger partial charge in [0, 0.05) is 28.2 Å². The van der Waals surface area contributed by atoms with E-state index in [2.05, 4.69) is 18.4 Å². The Kier molecular flexibility index (Phi) is 8.90. The lowest BCUT2D eigenvalue weighted by atomic mass is 9.96. The third-order valence-electron chi connectivity index (χ3n) is 7.92. The number of esters is 1. The summed E-state index contributed by atoms with van der Waals surface area (Å²) in [7, 11) is 3.00. The zero-order valence-electron chi connectivity index (χ0n) is 26.9. The van der Waals surface area contributed by atoms with E-state index >= 15 is 0 Å². The highest BCUT2D eigenvalue weighted by Crippen LogP contribution is 2.34. The molecule has 0 saturated carbocycles. The van der Waals surface area contributed by atoms with Crippen molar-refractivity contribution >= 4 is 23.1 Å². The molecule has 0 spiro atoms. The number of carbonyl (C=O) groups excluding carboxylic acids is 1. The molecule has 0 fully saturated rings. The Morgan fingerprint density at radius 2 is 1.67 bits per heavy atom. The highest BCUT2D eigenvalue weighted by molar-refractivity contribution is 5.84. The zero-order valence-corrected chi connectivity index (χ0v) is 26.9. The van der Waals surface area contributed by atoms with E-state index in [0.29, 0.717) is 22.5 Å². The fourth-order valence-corrected chi connectivity index (χ4v) is 5.50. The summed E-state index contributed by atoms with van der Waals surface area (Å²) in [6.07, 6.45) is 0.994. The maximum Gasteiger partial charge on any atom is 0.346 e. The van der Waals surface area contributed by atoms with Gasteiger partial charge < -0.3 is 18.8 Å². The quantitative estimate of drug-likeness (QED) is 0.136. The van der Waals surface area contributed by atoms with Crippen LogP contribution in [0.5, 0.6) is 11.5 Å². The number of methoxy groups -OCH3 is 2. The van der Waals surface area contributed by atoms with Crippen LogP contribution in [0.25, 0.3) is 28.0 Å². The summed E-state index contributed by atoms with van der Waals surface area (Å²) >= 11 is 0. The fourth-order valence-electron chi connectivity index (χ4n) is 5.50. The van der Waals surface area contributed by atoms with Gasteiger partial charge in [-0.1, -0.05) is 26.0 Å². The van der Waals surface area contributed by atoms with Gasteiger partial charge in [0.1, 0.15) is 11.5 Å². The molecule has 232 valence electrons. The van der Waals surface area contributed by atoms with E-state index in [9.17, 15) is 9.59 Å². The zero-order chi connectivity index (χ0) is 32.4. The van der Waals surface area contributed by atoms with Crippen molar-refractivity contribution in [1.82, 2.24) is 14.2 Å². The first-order chi connectivity index (χ1) is 21.5. The third-order valence-corrected chi connectivity index (χ3v) is 7.92. The Balaban J connectivity index is 1.58. The van der Waals surface area contributed by atoms with Gasteiger partial charge in [0.15, 0.2) is 11.9 Å². The number of ether oxygens (including phenoxy) is 3. The Bertz CT molecular complexity index is 1970. The summed E-state index contributed by atoms with van der Waals surface area (Å²) in [6, 6.07) is 20.9. The highest BCUT2D eigenvalue weighted by atomic mass is 16.6. The predicted octanol–water partition coefficient (Wildman–Crippen LogP) is 6.73. The smallest absolute Gasteiger partial charge is 0.346 e. The van der Waals surface area contributed by atoms with Crippen LogP contribution in [-0.4, -0.2) is 46.7 Å². The first kappa shape index (κ1) is 31.3. The molecule has 9 heteroatoms. The minimum absolute atomic E-state index is 0.200. The number of benzene rings is 3. The summed E-state index contributed by atoms with van der Waals surface area (Å²) in [5.74, 6) is 1.58. The largest absolute Gasteiger partial charge is 0.496 e. The van der Waals surface area contributed by atoms with Crippen LogP contribution in [0.4, 0.5) is 0 Å². The number of nitrogens with zero attached hydrogens (tertiary/aromatic N) is 4. The van der Waals surface area contributed by atoms with Gasteiger partial charge in [-0.05, 0) is 99.3 Å². The average Bonchev–Trinajstić information content (AvgIpc) is 3.32. The first-order valence-corrected chi connectivity index (χ1v) is 14.8. The van der Waals surface area contributed by atoms with Gasteiger partial charge in [-0.2, -0.15) is 9.78 Å².